The van der Waals surface area contributed by atoms with E-state index in [1.807, 2.05) is 36.4 Å². The van der Waals surface area contributed by atoms with Crippen LogP contribution < -0.4 is 10.1 Å². The van der Waals surface area contributed by atoms with Crippen molar-refractivity contribution < 1.29 is 19.1 Å². The number of amides is 1. The first-order valence-corrected chi connectivity index (χ1v) is 9.84. The molecule has 3 unspecified atom stereocenters. The summed E-state index contributed by atoms with van der Waals surface area (Å²) in [5.41, 5.74) is 1.22. The van der Waals surface area contributed by atoms with Gasteiger partial charge in [0.05, 0.1) is 20.1 Å². The number of hydrogen-bond acceptors (Lipinski definition) is 4. The Morgan fingerprint density at radius 2 is 1.69 bits per heavy atom. The molecule has 0 spiro atoms. The molecule has 0 aromatic heterocycles. The van der Waals surface area contributed by atoms with Crippen LogP contribution in [0.5, 0.6) is 5.75 Å². The Kier molecular flexibility index (Phi) is 6.83. The number of nitrogens with one attached hydrogen (secondary N) is 1. The molecule has 0 aliphatic heterocycles. The molecule has 0 bridgehead atoms. The van der Waals surface area contributed by atoms with E-state index in [1.165, 1.54) is 7.11 Å². The number of rotatable bonds is 6. The van der Waals surface area contributed by atoms with E-state index in [4.69, 9.17) is 32.7 Å². The van der Waals surface area contributed by atoms with Gasteiger partial charge < -0.3 is 14.8 Å². The van der Waals surface area contributed by atoms with E-state index < -0.39 is 5.92 Å². The Morgan fingerprint density at radius 3 is 2.28 bits per heavy atom. The molecular weight excluding hydrogens is 413 g/mol. The summed E-state index contributed by atoms with van der Waals surface area (Å²) in [5, 5.41) is 3.74. The van der Waals surface area contributed by atoms with Crippen LogP contribution in [0.25, 0.3) is 0 Å². The lowest BCUT2D eigenvalue weighted by molar-refractivity contribution is -0.143. The largest absolute Gasteiger partial charge is 0.497 e. The summed E-state index contributed by atoms with van der Waals surface area (Å²) in [6, 6.07) is 11.8. The monoisotopic (exact) mass is 433 g/mol. The highest BCUT2D eigenvalue weighted by Crippen LogP contribution is 2.35. The first-order valence-electron chi connectivity index (χ1n) is 9.08. The summed E-state index contributed by atoms with van der Waals surface area (Å²) in [4.78, 5) is 25.0. The highest BCUT2D eigenvalue weighted by molar-refractivity contribution is 6.35. The molecule has 29 heavy (non-hydrogen) atoms. The number of hydrogen-bond donors (Lipinski definition) is 1. The van der Waals surface area contributed by atoms with E-state index in [9.17, 15) is 9.59 Å². The van der Waals surface area contributed by atoms with Gasteiger partial charge in [-0.05, 0) is 48.2 Å². The van der Waals surface area contributed by atoms with Crippen LogP contribution in [0.15, 0.2) is 54.6 Å². The van der Waals surface area contributed by atoms with E-state index in [1.54, 1.807) is 25.3 Å². The summed E-state index contributed by atoms with van der Waals surface area (Å²) >= 11 is 12.0. The molecule has 1 aliphatic rings. The van der Waals surface area contributed by atoms with Crippen molar-refractivity contribution in [3.63, 3.8) is 0 Å². The van der Waals surface area contributed by atoms with Gasteiger partial charge in [-0.15, -0.1) is 0 Å². The standard InChI is InChI=1S/C22H21Cl2NO4/c1-28-19-7-4-13(5-8-19)20(22(27)29-2)14-3-6-18(11-14)25-21(26)15-9-16(23)12-17(24)10-15/h3-10,12,14,18,20H,11H2,1-2H3,(H,25,26). The van der Waals surface area contributed by atoms with Gasteiger partial charge >= 0.3 is 5.97 Å². The Bertz CT molecular complexity index is 907. The Balaban J connectivity index is 1.72. The smallest absolute Gasteiger partial charge is 0.313 e. The van der Waals surface area contributed by atoms with E-state index in [-0.39, 0.29) is 23.8 Å². The van der Waals surface area contributed by atoms with Gasteiger partial charge in [-0.1, -0.05) is 47.5 Å². The first kappa shape index (κ1) is 21.2. The van der Waals surface area contributed by atoms with Crippen LogP contribution in [0.2, 0.25) is 10.0 Å². The van der Waals surface area contributed by atoms with Crippen LogP contribution >= 0.6 is 23.2 Å². The van der Waals surface area contributed by atoms with Crippen molar-refractivity contribution in [1.29, 1.82) is 0 Å². The van der Waals surface area contributed by atoms with E-state index in [0.29, 0.717) is 27.8 Å². The average Bonchev–Trinajstić information content (AvgIpc) is 3.15. The van der Waals surface area contributed by atoms with Crippen LogP contribution in [0, 0.1) is 5.92 Å². The third kappa shape index (κ3) is 5.11. The maximum Gasteiger partial charge on any atom is 0.313 e. The molecule has 1 N–H and O–H groups in total. The minimum Gasteiger partial charge on any atom is -0.497 e. The van der Waals surface area contributed by atoms with Crippen molar-refractivity contribution in [3.05, 3.63) is 75.8 Å². The molecule has 2 aromatic carbocycles. The van der Waals surface area contributed by atoms with Crippen molar-refractivity contribution >= 4 is 35.1 Å². The lowest BCUT2D eigenvalue weighted by atomic mass is 9.85. The molecule has 0 radical (unpaired) electrons. The molecule has 0 heterocycles. The van der Waals surface area contributed by atoms with Crippen molar-refractivity contribution in [2.24, 2.45) is 5.92 Å². The number of allylic oxidation sites excluding steroid dienone is 1. The predicted molar refractivity (Wildman–Crippen MR) is 113 cm³/mol. The van der Waals surface area contributed by atoms with Crippen LogP contribution in [0.1, 0.15) is 28.3 Å². The van der Waals surface area contributed by atoms with Gasteiger partial charge in [-0.3, -0.25) is 9.59 Å². The van der Waals surface area contributed by atoms with Gasteiger partial charge in [0.25, 0.3) is 5.91 Å². The van der Waals surface area contributed by atoms with Gasteiger partial charge in [0.1, 0.15) is 5.75 Å². The highest BCUT2D eigenvalue weighted by Gasteiger charge is 2.34. The summed E-state index contributed by atoms with van der Waals surface area (Å²) in [7, 11) is 2.96. The number of methoxy groups -OCH3 is 2. The molecule has 7 heteroatoms. The number of carbonyl (C=O) groups excluding carboxylic acids is 2. The maximum absolute atomic E-state index is 12.5. The summed E-state index contributed by atoms with van der Waals surface area (Å²) in [5.74, 6) is -0.458. The fraction of sp³-hybridized carbons (Fsp3) is 0.273. The number of benzene rings is 2. The summed E-state index contributed by atoms with van der Waals surface area (Å²) < 4.78 is 10.2. The van der Waals surface area contributed by atoms with Gasteiger partial charge in [-0.25, -0.2) is 0 Å². The van der Waals surface area contributed by atoms with Crippen LogP contribution in [0.3, 0.4) is 0 Å². The lowest BCUT2D eigenvalue weighted by Crippen LogP contribution is -2.33. The van der Waals surface area contributed by atoms with Crippen molar-refractivity contribution in [2.45, 2.75) is 18.4 Å². The van der Waals surface area contributed by atoms with E-state index in [2.05, 4.69) is 5.32 Å². The van der Waals surface area contributed by atoms with Crippen molar-refractivity contribution in [2.75, 3.05) is 14.2 Å². The zero-order chi connectivity index (χ0) is 21.0. The fourth-order valence-corrected chi connectivity index (χ4v) is 4.04. The van der Waals surface area contributed by atoms with Crippen LogP contribution in [-0.2, 0) is 9.53 Å². The molecule has 1 amide bonds. The Hall–Kier alpha value is -2.50. The molecule has 0 fully saturated rings. The molecule has 0 saturated heterocycles. The maximum atomic E-state index is 12.5. The average molecular weight is 434 g/mol. The first-order chi connectivity index (χ1) is 13.9. The highest BCUT2D eigenvalue weighted by atomic mass is 35.5. The molecule has 1 aliphatic carbocycles. The molecule has 152 valence electrons. The second kappa shape index (κ2) is 9.33. The lowest BCUT2D eigenvalue weighted by Gasteiger charge is -2.22. The zero-order valence-electron chi connectivity index (χ0n) is 16.0. The zero-order valence-corrected chi connectivity index (χ0v) is 17.5. The molecule has 2 aromatic rings. The Labute approximate surface area is 179 Å². The fourth-order valence-electron chi connectivity index (χ4n) is 3.51. The number of esters is 1. The van der Waals surface area contributed by atoms with Gasteiger partial charge in [0.2, 0.25) is 0 Å². The third-order valence-corrected chi connectivity index (χ3v) is 5.35. The molecule has 3 rings (SSSR count). The van der Waals surface area contributed by atoms with Crippen molar-refractivity contribution in [3.8, 4) is 5.75 Å². The second-order valence-corrected chi connectivity index (χ2v) is 7.67. The van der Waals surface area contributed by atoms with Crippen LogP contribution in [-0.4, -0.2) is 32.1 Å². The minimum absolute atomic E-state index is 0.107. The number of halogens is 2. The van der Waals surface area contributed by atoms with Gasteiger partial charge in [-0.2, -0.15) is 0 Å². The van der Waals surface area contributed by atoms with Crippen LogP contribution in [0.4, 0.5) is 0 Å². The number of carbonyl (C=O) groups is 2. The van der Waals surface area contributed by atoms with E-state index >= 15 is 0 Å². The molecule has 5 nitrogen and oxygen atoms in total. The molecule has 0 saturated carbocycles. The normalized spacial score (nSPS) is 18.9. The van der Waals surface area contributed by atoms with Gasteiger partial charge in [0.15, 0.2) is 0 Å². The van der Waals surface area contributed by atoms with E-state index in [0.717, 1.165) is 5.56 Å². The van der Waals surface area contributed by atoms with Gasteiger partial charge in [0, 0.05) is 21.7 Å². The quantitative estimate of drug-likeness (QED) is 0.532. The number of ether oxygens (including phenoxy) is 2. The second-order valence-electron chi connectivity index (χ2n) is 6.80. The summed E-state index contributed by atoms with van der Waals surface area (Å²) in [6.07, 6.45) is 4.42. The predicted octanol–water partition coefficient (Wildman–Crippen LogP) is 4.63. The summed E-state index contributed by atoms with van der Waals surface area (Å²) in [6.45, 7) is 0. The minimum atomic E-state index is -0.468. The third-order valence-electron chi connectivity index (χ3n) is 4.92. The molecular formula is C22H21Cl2NO4. The van der Waals surface area contributed by atoms with Crippen molar-refractivity contribution in [1.82, 2.24) is 5.32 Å². The Morgan fingerprint density at radius 1 is 1.03 bits per heavy atom. The topological polar surface area (TPSA) is 64.6 Å². The SMILES string of the molecule is COC(=O)C(c1ccc(OC)cc1)C1C=CC(NC(=O)c2cc(Cl)cc(Cl)c2)C1. The molecule has 3 atom stereocenters.